The summed E-state index contributed by atoms with van der Waals surface area (Å²) < 4.78 is 9.48. The lowest BCUT2D eigenvalue weighted by Gasteiger charge is -2.26. The Morgan fingerprint density at radius 3 is 2.49 bits per heavy atom. The highest BCUT2D eigenvalue weighted by Gasteiger charge is 2.29. The van der Waals surface area contributed by atoms with E-state index in [1.165, 1.54) is 0 Å². The molecule has 10 heteroatoms. The first-order valence-electron chi connectivity index (χ1n) is 17.2. The van der Waals surface area contributed by atoms with E-state index in [9.17, 15) is 9.59 Å². The molecule has 1 amide bonds. The molecular formula is C37H53N7O3. The molecule has 0 spiro atoms. The number of hydrogen-bond donors (Lipinski definition) is 2. The summed E-state index contributed by atoms with van der Waals surface area (Å²) in [6.45, 7) is 13.7. The lowest BCUT2D eigenvalue weighted by molar-refractivity contribution is -0.130. The summed E-state index contributed by atoms with van der Waals surface area (Å²) in [6.07, 6.45) is 6.88. The Kier molecular flexibility index (Phi) is 11.1. The Hall–Kier alpha value is -3.60. The number of fused-ring (bicyclic) bond motifs is 2. The first-order chi connectivity index (χ1) is 22.5. The fourth-order valence-electron chi connectivity index (χ4n) is 6.74. The number of ether oxygens (including phenoxy) is 1. The van der Waals surface area contributed by atoms with E-state index in [1.807, 2.05) is 32.9 Å². The van der Waals surface area contributed by atoms with Crippen LogP contribution in [0.1, 0.15) is 86.1 Å². The lowest BCUT2D eigenvalue weighted by Crippen LogP contribution is -2.38. The number of nitrogens with one attached hydrogen (secondary N) is 2. The van der Waals surface area contributed by atoms with Gasteiger partial charge in [0.15, 0.2) is 5.82 Å². The summed E-state index contributed by atoms with van der Waals surface area (Å²) in [6, 6.07) is 8.06. The van der Waals surface area contributed by atoms with E-state index in [0.29, 0.717) is 5.56 Å². The number of benzene rings is 1. The van der Waals surface area contributed by atoms with E-state index in [1.54, 1.807) is 0 Å². The van der Waals surface area contributed by atoms with Gasteiger partial charge in [0.05, 0.1) is 41.7 Å². The third-order valence-corrected chi connectivity index (χ3v) is 9.69. The number of nitrogens with zero attached hydrogens (tertiary/aromatic N) is 5. The number of carbonyl (C=O) groups excluding carboxylic acids is 2. The number of carbonyl (C=O) groups is 2. The van der Waals surface area contributed by atoms with Gasteiger partial charge >= 0.3 is 0 Å². The molecule has 0 radical (unpaired) electrons. The minimum Gasteiger partial charge on any atom is -0.379 e. The van der Waals surface area contributed by atoms with Crippen molar-refractivity contribution >= 4 is 34.3 Å². The third kappa shape index (κ3) is 7.77. The van der Waals surface area contributed by atoms with Gasteiger partial charge in [-0.2, -0.15) is 0 Å². The molecule has 2 aliphatic rings. The minimum absolute atomic E-state index is 0.0785. The molecule has 1 aromatic carbocycles. The molecule has 0 aliphatic carbocycles. The van der Waals surface area contributed by atoms with E-state index in [0.717, 1.165) is 135 Å². The molecule has 1 unspecified atom stereocenters. The predicted molar refractivity (Wildman–Crippen MR) is 189 cm³/mol. The average Bonchev–Trinajstić information content (AvgIpc) is 3.58. The number of aryl methyl sites for hydroxylation is 3. The second-order valence-electron chi connectivity index (χ2n) is 14.0. The molecule has 254 valence electrons. The Labute approximate surface area is 279 Å². The molecule has 1 saturated heterocycles. The van der Waals surface area contributed by atoms with E-state index >= 15 is 0 Å². The average molecular weight is 644 g/mol. The van der Waals surface area contributed by atoms with Crippen LogP contribution in [0.2, 0.25) is 0 Å². The fourth-order valence-corrected chi connectivity index (χ4v) is 6.74. The topological polar surface area (TPSA) is 106 Å². The Morgan fingerprint density at radius 2 is 1.83 bits per heavy atom. The van der Waals surface area contributed by atoms with Gasteiger partial charge in [0.2, 0.25) is 5.91 Å². The molecule has 2 N–H and O–H groups in total. The van der Waals surface area contributed by atoms with Crippen molar-refractivity contribution in [3.8, 4) is 11.5 Å². The van der Waals surface area contributed by atoms with E-state index in [4.69, 9.17) is 14.7 Å². The van der Waals surface area contributed by atoms with Gasteiger partial charge in [0.25, 0.3) is 0 Å². The van der Waals surface area contributed by atoms with Crippen LogP contribution >= 0.6 is 0 Å². The number of rotatable bonds is 5. The second kappa shape index (κ2) is 15.1. The fraction of sp³-hybridized carbons (Fsp3) is 0.568. The number of amides is 1. The van der Waals surface area contributed by atoms with Crippen LogP contribution in [-0.4, -0.2) is 83.1 Å². The highest BCUT2D eigenvalue weighted by molar-refractivity contribution is 5.93. The summed E-state index contributed by atoms with van der Waals surface area (Å²) in [7, 11) is 6.17. The van der Waals surface area contributed by atoms with Crippen LogP contribution in [0.4, 0.5) is 0 Å². The van der Waals surface area contributed by atoms with Gasteiger partial charge in [-0.05, 0) is 82.6 Å². The third-order valence-electron chi connectivity index (χ3n) is 9.69. The smallest absolute Gasteiger partial charge is 0.226 e. The minimum atomic E-state index is -0.399. The summed E-state index contributed by atoms with van der Waals surface area (Å²) in [5.74, 6) is 0.947. The lowest BCUT2D eigenvalue weighted by atomic mass is 9.85. The molecular weight excluding hydrogens is 590 g/mol. The predicted octanol–water partition coefficient (Wildman–Crippen LogP) is 5.59. The zero-order valence-electron chi connectivity index (χ0n) is 29.4. The van der Waals surface area contributed by atoms with Gasteiger partial charge in [0, 0.05) is 49.6 Å². The maximum atomic E-state index is 13.1. The largest absolute Gasteiger partial charge is 0.379 e. The van der Waals surface area contributed by atoms with Crippen molar-refractivity contribution in [1.82, 2.24) is 34.6 Å². The van der Waals surface area contributed by atoms with Crippen LogP contribution < -0.4 is 10.6 Å². The van der Waals surface area contributed by atoms with Gasteiger partial charge in [-0.3, -0.25) is 9.59 Å². The molecule has 5 heterocycles. The van der Waals surface area contributed by atoms with Crippen LogP contribution in [0.5, 0.6) is 0 Å². The van der Waals surface area contributed by atoms with Crippen LogP contribution in [0.25, 0.3) is 33.6 Å². The number of morpholine rings is 1. The molecule has 0 saturated carbocycles. The Balaban J connectivity index is 0.000000650. The normalized spacial score (nSPS) is 19.0. The quantitative estimate of drug-likeness (QED) is 0.273. The Morgan fingerprint density at radius 1 is 1.09 bits per heavy atom. The molecule has 47 heavy (non-hydrogen) atoms. The maximum absolute atomic E-state index is 13.1. The standard InChI is InChI=1S/C33H44N6O2.C4H9NO/c1-21-25(14-17-37(5)6)24(20-40)18-27-29(21)38(7)31(36-27)28-19-23-12-13-26-22(2)34-32(41)33(3,4)15-10-8-9-11-16-39(28)30(23)35-26;1-3-6-4-2-5-1/h12-13,18-20,22H,8-11,14-17H2,1-7H3,(H,34,41);5H,1-4H2. The SMILES string of the molecule is C1COCCN1.Cc1c(CCN(C)C)c(C=O)cc2nc(-c3cc4ccc5nc4n3CCCCCCC(C)(C)C(=O)NC5C)n(C)c12. The van der Waals surface area contributed by atoms with Gasteiger partial charge in [-0.15, -0.1) is 0 Å². The number of hydrogen-bond acceptors (Lipinski definition) is 7. The van der Waals surface area contributed by atoms with Crippen LogP contribution in [0, 0.1) is 12.3 Å². The van der Waals surface area contributed by atoms with Crippen molar-refractivity contribution in [3.05, 3.63) is 46.6 Å². The highest BCUT2D eigenvalue weighted by Crippen LogP contribution is 2.34. The zero-order chi connectivity index (χ0) is 33.7. The molecule has 4 aromatic rings. The highest BCUT2D eigenvalue weighted by atomic mass is 16.5. The van der Waals surface area contributed by atoms with Crippen molar-refractivity contribution in [2.75, 3.05) is 46.9 Å². The van der Waals surface area contributed by atoms with Crippen LogP contribution in [-0.2, 0) is 29.5 Å². The summed E-state index contributed by atoms with van der Waals surface area (Å²) in [5.41, 5.74) is 7.20. The zero-order valence-corrected chi connectivity index (χ0v) is 29.4. The molecule has 3 aromatic heterocycles. The molecule has 2 bridgehead atoms. The van der Waals surface area contributed by atoms with Crippen LogP contribution in [0.3, 0.4) is 0 Å². The monoisotopic (exact) mass is 643 g/mol. The molecule has 1 fully saturated rings. The van der Waals surface area contributed by atoms with Crippen molar-refractivity contribution < 1.29 is 14.3 Å². The number of likely N-dealkylation sites (N-methyl/N-ethyl adjacent to an activating group) is 1. The summed E-state index contributed by atoms with van der Waals surface area (Å²) in [5, 5.41) is 7.43. The summed E-state index contributed by atoms with van der Waals surface area (Å²) >= 11 is 0. The van der Waals surface area contributed by atoms with Gasteiger partial charge in [-0.1, -0.05) is 33.1 Å². The van der Waals surface area contributed by atoms with E-state index in [-0.39, 0.29) is 11.9 Å². The second-order valence-corrected chi connectivity index (χ2v) is 14.0. The van der Waals surface area contributed by atoms with Crippen molar-refractivity contribution in [1.29, 1.82) is 0 Å². The molecule has 6 rings (SSSR count). The summed E-state index contributed by atoms with van der Waals surface area (Å²) in [4.78, 5) is 37.5. The number of imidazole rings is 1. The molecule has 2 aliphatic heterocycles. The van der Waals surface area contributed by atoms with Gasteiger partial charge < -0.3 is 29.4 Å². The molecule has 10 nitrogen and oxygen atoms in total. The first kappa shape index (κ1) is 34.7. The number of aldehydes is 1. The van der Waals surface area contributed by atoms with Crippen molar-refractivity contribution in [2.24, 2.45) is 12.5 Å². The maximum Gasteiger partial charge on any atom is 0.226 e. The first-order valence-corrected chi connectivity index (χ1v) is 17.2. The Bertz CT molecular complexity index is 1700. The van der Waals surface area contributed by atoms with Crippen molar-refractivity contribution in [2.45, 2.75) is 78.8 Å². The van der Waals surface area contributed by atoms with E-state index in [2.05, 4.69) is 64.9 Å². The van der Waals surface area contributed by atoms with Crippen molar-refractivity contribution in [3.63, 3.8) is 0 Å². The van der Waals surface area contributed by atoms with E-state index < -0.39 is 5.41 Å². The van der Waals surface area contributed by atoms with Crippen LogP contribution in [0.15, 0.2) is 24.3 Å². The number of aromatic nitrogens is 4. The van der Waals surface area contributed by atoms with Gasteiger partial charge in [-0.25, -0.2) is 9.97 Å². The number of pyridine rings is 1. The van der Waals surface area contributed by atoms with Gasteiger partial charge in [0.1, 0.15) is 11.9 Å². The molecule has 1 atom stereocenters.